The molecule has 0 bridgehead atoms. The number of carbonyl (C=O) groups is 2. The third-order valence-corrected chi connectivity index (χ3v) is 10.7. The van der Waals surface area contributed by atoms with Crippen LogP contribution in [-0.2, 0) is 14.3 Å². The molecule has 0 amide bonds. The summed E-state index contributed by atoms with van der Waals surface area (Å²) in [6, 6.07) is 0. The number of esters is 1. The maximum atomic E-state index is 12.5. The first-order valence-corrected chi connectivity index (χ1v) is 13.4. The van der Waals surface area contributed by atoms with Gasteiger partial charge < -0.3 is 9.64 Å². The van der Waals surface area contributed by atoms with Gasteiger partial charge in [0.25, 0.3) is 0 Å². The normalized spacial score (nSPS) is 43.7. The Labute approximate surface area is 194 Å². The molecular weight excluding hydrogens is 398 g/mol. The molecule has 5 aliphatic rings. The standard InChI is InChI=1S/C28H43NO3/c1-19(30)23-8-9-24-22-7-6-20-18-21(32-26(31)12-17-29-15-4-5-16-29)10-13-27(20,2)25(22)11-14-28(23,24)3/h8,20-22,24-25H,4-7,9-18H2,1-3H3/t20-,21+,22-,24+,25-,27-,28+/m0/s1. The van der Waals surface area contributed by atoms with Crippen LogP contribution in [0, 0.1) is 34.5 Å². The van der Waals surface area contributed by atoms with Crippen LogP contribution in [0.2, 0.25) is 0 Å². The summed E-state index contributed by atoms with van der Waals surface area (Å²) in [7, 11) is 0. The maximum absolute atomic E-state index is 12.5. The van der Waals surface area contributed by atoms with Crippen molar-refractivity contribution in [2.24, 2.45) is 34.5 Å². The van der Waals surface area contributed by atoms with Crippen molar-refractivity contribution in [2.45, 2.75) is 97.5 Å². The topological polar surface area (TPSA) is 46.6 Å². The average molecular weight is 442 g/mol. The first-order chi connectivity index (χ1) is 15.3. The van der Waals surface area contributed by atoms with Crippen molar-refractivity contribution in [3.8, 4) is 0 Å². The lowest BCUT2D eigenvalue weighted by Crippen LogP contribution is -2.54. The predicted molar refractivity (Wildman–Crippen MR) is 126 cm³/mol. The van der Waals surface area contributed by atoms with E-state index in [2.05, 4.69) is 24.8 Å². The highest BCUT2D eigenvalue weighted by Crippen LogP contribution is 2.66. The van der Waals surface area contributed by atoms with Crippen LogP contribution in [-0.4, -0.2) is 42.4 Å². The first-order valence-electron chi connectivity index (χ1n) is 13.4. The van der Waals surface area contributed by atoms with Crippen LogP contribution < -0.4 is 0 Å². The molecule has 1 heterocycles. The largest absolute Gasteiger partial charge is 0.462 e. The van der Waals surface area contributed by atoms with Crippen LogP contribution in [0.4, 0.5) is 0 Å². The van der Waals surface area contributed by atoms with Crippen LogP contribution in [0.25, 0.3) is 0 Å². The molecular formula is C28H43NO3. The summed E-state index contributed by atoms with van der Waals surface area (Å²) in [4.78, 5) is 27.2. The van der Waals surface area contributed by atoms with E-state index < -0.39 is 0 Å². The van der Waals surface area contributed by atoms with E-state index in [0.29, 0.717) is 29.5 Å². The van der Waals surface area contributed by atoms with Crippen molar-refractivity contribution in [1.29, 1.82) is 0 Å². The van der Waals surface area contributed by atoms with E-state index in [9.17, 15) is 9.59 Å². The molecule has 3 saturated carbocycles. The number of carbonyl (C=O) groups excluding carboxylic acids is 2. The molecule has 0 spiro atoms. The summed E-state index contributed by atoms with van der Waals surface area (Å²) in [6.07, 6.45) is 14.9. The molecule has 4 heteroatoms. The van der Waals surface area contributed by atoms with Gasteiger partial charge in [-0.05, 0) is 124 Å². The molecule has 0 unspecified atom stereocenters. The zero-order valence-electron chi connectivity index (χ0n) is 20.5. The maximum Gasteiger partial charge on any atom is 0.307 e. The summed E-state index contributed by atoms with van der Waals surface area (Å²) >= 11 is 0. The fraction of sp³-hybridized carbons (Fsp3) is 0.857. The van der Waals surface area contributed by atoms with E-state index >= 15 is 0 Å². The molecule has 0 aromatic rings. The van der Waals surface area contributed by atoms with E-state index in [0.717, 1.165) is 56.3 Å². The zero-order valence-corrected chi connectivity index (χ0v) is 20.5. The van der Waals surface area contributed by atoms with Crippen LogP contribution in [0.15, 0.2) is 11.6 Å². The monoisotopic (exact) mass is 441 g/mol. The van der Waals surface area contributed by atoms with Gasteiger partial charge in [0.1, 0.15) is 6.10 Å². The number of Topliss-reactive ketones (excluding diaryl/α,β-unsaturated/α-hetero) is 1. The minimum Gasteiger partial charge on any atom is -0.462 e. The quantitative estimate of drug-likeness (QED) is 0.525. The summed E-state index contributed by atoms with van der Waals surface area (Å²) < 4.78 is 6.00. The molecule has 7 atom stereocenters. The number of hydrogen-bond acceptors (Lipinski definition) is 4. The Morgan fingerprint density at radius 1 is 1.06 bits per heavy atom. The van der Waals surface area contributed by atoms with E-state index in [1.165, 1.54) is 44.9 Å². The summed E-state index contributed by atoms with van der Waals surface area (Å²) in [5, 5.41) is 0. The Morgan fingerprint density at radius 3 is 2.59 bits per heavy atom. The molecule has 0 aromatic carbocycles. The van der Waals surface area contributed by atoms with Gasteiger partial charge in [-0.3, -0.25) is 9.59 Å². The first kappa shape index (κ1) is 22.6. The van der Waals surface area contributed by atoms with Crippen molar-refractivity contribution >= 4 is 11.8 Å². The molecule has 4 nitrogen and oxygen atoms in total. The Kier molecular flexibility index (Phi) is 6.05. The smallest absolute Gasteiger partial charge is 0.307 e. The van der Waals surface area contributed by atoms with Crippen LogP contribution in [0.3, 0.4) is 0 Å². The Bertz CT molecular complexity index is 784. The molecule has 0 aromatic heterocycles. The molecule has 5 rings (SSSR count). The Morgan fingerprint density at radius 2 is 1.84 bits per heavy atom. The Balaban J connectivity index is 1.20. The highest BCUT2D eigenvalue weighted by atomic mass is 16.5. The van der Waals surface area contributed by atoms with Crippen molar-refractivity contribution in [1.82, 2.24) is 4.90 Å². The second kappa shape index (κ2) is 8.56. The fourth-order valence-corrected chi connectivity index (χ4v) is 8.94. The zero-order chi connectivity index (χ0) is 22.5. The summed E-state index contributed by atoms with van der Waals surface area (Å²) in [6.45, 7) is 9.84. The molecule has 4 aliphatic carbocycles. The number of rotatable bonds is 5. The minimum atomic E-state index is 0.0152. The van der Waals surface area contributed by atoms with Gasteiger partial charge in [0.05, 0.1) is 6.42 Å². The third kappa shape index (κ3) is 3.79. The van der Waals surface area contributed by atoms with E-state index in [1.54, 1.807) is 6.92 Å². The van der Waals surface area contributed by atoms with Gasteiger partial charge in [0, 0.05) is 6.54 Å². The van der Waals surface area contributed by atoms with Crippen molar-refractivity contribution in [2.75, 3.05) is 19.6 Å². The second-order valence-corrected chi connectivity index (χ2v) is 12.2. The van der Waals surface area contributed by atoms with Gasteiger partial charge in [0.2, 0.25) is 0 Å². The number of ketones is 1. The molecule has 0 N–H and O–H groups in total. The third-order valence-electron chi connectivity index (χ3n) is 10.7. The number of allylic oxidation sites excluding steroid dienone is 2. The molecule has 4 fully saturated rings. The van der Waals surface area contributed by atoms with Crippen molar-refractivity contribution in [3.63, 3.8) is 0 Å². The highest BCUT2D eigenvalue weighted by molar-refractivity contribution is 5.95. The molecule has 0 radical (unpaired) electrons. The lowest BCUT2D eigenvalue weighted by Gasteiger charge is -2.60. The molecule has 1 aliphatic heterocycles. The molecule has 1 saturated heterocycles. The van der Waals surface area contributed by atoms with Gasteiger partial charge >= 0.3 is 5.97 Å². The summed E-state index contributed by atoms with van der Waals surface area (Å²) in [5.41, 5.74) is 1.61. The lowest BCUT2D eigenvalue weighted by molar-refractivity contribution is -0.161. The molecule has 178 valence electrons. The van der Waals surface area contributed by atoms with Crippen LogP contribution in [0.1, 0.15) is 91.4 Å². The van der Waals surface area contributed by atoms with Crippen molar-refractivity contribution in [3.05, 3.63) is 11.6 Å². The van der Waals surface area contributed by atoms with E-state index in [-0.39, 0.29) is 17.5 Å². The van der Waals surface area contributed by atoms with Crippen molar-refractivity contribution < 1.29 is 14.3 Å². The second-order valence-electron chi connectivity index (χ2n) is 12.2. The molecule has 32 heavy (non-hydrogen) atoms. The van der Waals surface area contributed by atoms with Gasteiger partial charge in [-0.2, -0.15) is 0 Å². The highest BCUT2D eigenvalue weighted by Gasteiger charge is 2.59. The van der Waals surface area contributed by atoms with E-state index in [4.69, 9.17) is 4.74 Å². The number of likely N-dealkylation sites (tertiary alicyclic amines) is 1. The Hall–Kier alpha value is -1.16. The van der Waals surface area contributed by atoms with Gasteiger partial charge in [-0.1, -0.05) is 19.9 Å². The fourth-order valence-electron chi connectivity index (χ4n) is 8.94. The number of hydrogen-bond donors (Lipinski definition) is 0. The number of fused-ring (bicyclic) bond motifs is 5. The van der Waals surface area contributed by atoms with E-state index in [1.807, 2.05) is 0 Å². The lowest BCUT2D eigenvalue weighted by atomic mass is 9.44. The van der Waals surface area contributed by atoms with Gasteiger partial charge in [-0.15, -0.1) is 0 Å². The van der Waals surface area contributed by atoms with Crippen LogP contribution in [0.5, 0.6) is 0 Å². The number of nitrogens with zero attached hydrogens (tertiary/aromatic N) is 1. The minimum absolute atomic E-state index is 0.0152. The SMILES string of the molecule is CC(=O)C1=CC[C@@H]2[C@@H]3CC[C@H]4C[C@H](OC(=O)CCN5CCCC5)CC[C@]4(C)[C@H]3CC[C@]12C. The number of ether oxygens (including phenoxy) is 1. The van der Waals surface area contributed by atoms with Gasteiger partial charge in [0.15, 0.2) is 5.78 Å². The van der Waals surface area contributed by atoms with Crippen LogP contribution >= 0.6 is 0 Å². The summed E-state index contributed by atoms with van der Waals surface area (Å²) in [5.74, 6) is 3.16. The average Bonchev–Trinajstić information content (AvgIpc) is 3.39. The predicted octanol–water partition coefficient (Wildman–Crippen LogP) is 5.55. The van der Waals surface area contributed by atoms with Gasteiger partial charge in [-0.25, -0.2) is 0 Å².